The third kappa shape index (κ3) is 5.66. The second-order valence-electron chi connectivity index (χ2n) is 7.47. The molecule has 31 heavy (non-hydrogen) atoms. The molecular weight excluding hydrogens is 479 g/mol. The van der Waals surface area contributed by atoms with Crippen molar-refractivity contribution in [1.29, 1.82) is 0 Å². The Kier molecular flexibility index (Phi) is 7.77. The van der Waals surface area contributed by atoms with Crippen LogP contribution in [0.3, 0.4) is 0 Å². The number of piperazine rings is 1. The summed E-state index contributed by atoms with van der Waals surface area (Å²) in [6.07, 6.45) is 2.38. The minimum atomic E-state index is -3.55. The quantitative estimate of drug-likeness (QED) is 0.694. The molecule has 2 aliphatic heterocycles. The first kappa shape index (κ1) is 24.2. The summed E-state index contributed by atoms with van der Waals surface area (Å²) < 4.78 is 26.7. The average Bonchev–Trinajstić information content (AvgIpc) is 3.16. The second kappa shape index (κ2) is 9.97. The Morgan fingerprint density at radius 1 is 1.23 bits per heavy atom. The molecule has 1 N–H and O–H groups in total. The van der Waals surface area contributed by atoms with E-state index < -0.39 is 10.0 Å². The number of nitrogens with one attached hydrogen (secondary N) is 1. The topological polar surface area (TPSA) is 82.6 Å². The summed E-state index contributed by atoms with van der Waals surface area (Å²) in [5, 5.41) is 5.68. The first-order valence-corrected chi connectivity index (χ1v) is 12.5. The van der Waals surface area contributed by atoms with Crippen molar-refractivity contribution in [2.75, 3.05) is 26.2 Å². The normalized spacial score (nSPS) is 19.8. The molecule has 168 valence electrons. The molecule has 0 aliphatic carbocycles. The van der Waals surface area contributed by atoms with E-state index in [2.05, 4.69) is 17.2 Å². The fourth-order valence-corrected chi connectivity index (χ4v) is 5.81. The number of fused-ring (bicyclic) bond motifs is 1. The second-order valence-corrected chi connectivity index (χ2v) is 10.8. The van der Waals surface area contributed by atoms with Crippen LogP contribution in [0.4, 0.5) is 0 Å². The number of carbonyl (C=O) groups is 1. The van der Waals surface area contributed by atoms with Gasteiger partial charge in [0.05, 0.1) is 5.69 Å². The van der Waals surface area contributed by atoms with Crippen LogP contribution in [-0.2, 0) is 23.0 Å². The van der Waals surface area contributed by atoms with E-state index in [-0.39, 0.29) is 31.4 Å². The molecule has 0 saturated carbocycles. The summed E-state index contributed by atoms with van der Waals surface area (Å²) >= 11 is 7.29. The van der Waals surface area contributed by atoms with Crippen LogP contribution in [0.5, 0.6) is 0 Å². The van der Waals surface area contributed by atoms with Crippen LogP contribution in [0.15, 0.2) is 29.7 Å². The molecule has 0 spiro atoms. The molecule has 1 unspecified atom stereocenters. The molecule has 0 bridgehead atoms. The maximum Gasteiger partial charge on any atom is 0.282 e. The Bertz CT molecular complexity index is 1060. The number of hydrogen-bond donors (Lipinski definition) is 1. The van der Waals surface area contributed by atoms with Gasteiger partial charge in [-0.25, -0.2) is 13.4 Å². The number of sulfonamides is 1. The molecule has 1 saturated heterocycles. The van der Waals surface area contributed by atoms with Gasteiger partial charge in [-0.15, -0.1) is 23.7 Å². The zero-order chi connectivity index (χ0) is 21.3. The van der Waals surface area contributed by atoms with E-state index in [1.54, 1.807) is 35.2 Å². The van der Waals surface area contributed by atoms with Gasteiger partial charge < -0.3 is 10.2 Å². The first-order chi connectivity index (χ1) is 14.3. The van der Waals surface area contributed by atoms with Crippen LogP contribution in [0.25, 0.3) is 6.08 Å². The van der Waals surface area contributed by atoms with Crippen molar-refractivity contribution >= 4 is 57.4 Å². The largest absolute Gasteiger partial charge is 0.334 e. The predicted molar refractivity (Wildman–Crippen MR) is 126 cm³/mol. The fourth-order valence-electron chi connectivity index (χ4n) is 3.51. The lowest BCUT2D eigenvalue weighted by Gasteiger charge is -2.32. The highest BCUT2D eigenvalue weighted by atomic mass is 35.5. The Balaban J connectivity index is 0.00000272. The van der Waals surface area contributed by atoms with Gasteiger partial charge in [0, 0.05) is 60.5 Å². The summed E-state index contributed by atoms with van der Waals surface area (Å²) in [7, 11) is -3.55. The third-order valence-electron chi connectivity index (χ3n) is 5.26. The number of carbonyl (C=O) groups excluding carboxylic acids is 1. The van der Waals surface area contributed by atoms with Gasteiger partial charge in [0.2, 0.25) is 10.0 Å². The number of aromatic nitrogens is 1. The number of benzene rings is 1. The summed E-state index contributed by atoms with van der Waals surface area (Å²) in [5.74, 6) is -0.115. The van der Waals surface area contributed by atoms with Crippen molar-refractivity contribution in [1.82, 2.24) is 19.5 Å². The van der Waals surface area contributed by atoms with Crippen molar-refractivity contribution in [2.24, 2.45) is 0 Å². The van der Waals surface area contributed by atoms with Gasteiger partial charge in [-0.3, -0.25) is 4.79 Å². The maximum atomic E-state index is 12.9. The van der Waals surface area contributed by atoms with Gasteiger partial charge in [-0.2, -0.15) is 4.31 Å². The summed E-state index contributed by atoms with van der Waals surface area (Å²) in [6, 6.07) is 7.30. The third-order valence-corrected chi connectivity index (χ3v) is 8.16. The Morgan fingerprint density at radius 2 is 1.90 bits per heavy atom. The Hall–Kier alpha value is -1.49. The molecule has 1 fully saturated rings. The fraction of sp³-hybridized carbons (Fsp3) is 0.400. The van der Waals surface area contributed by atoms with E-state index >= 15 is 0 Å². The molecule has 3 heterocycles. The van der Waals surface area contributed by atoms with E-state index in [1.165, 1.54) is 21.1 Å². The van der Waals surface area contributed by atoms with Crippen molar-refractivity contribution in [2.45, 2.75) is 25.9 Å². The molecule has 2 aliphatic rings. The van der Waals surface area contributed by atoms with Crippen molar-refractivity contribution in [3.05, 3.63) is 55.8 Å². The van der Waals surface area contributed by atoms with E-state index in [4.69, 9.17) is 11.6 Å². The standard InChI is InChI=1S/C20H23ClN4O3S2.ClH/c1-14-12-17-18(13-22-14)29-19(23-17)20(26)24-7-9-25(10-8-24)30(27,28)11-6-15-2-4-16(21)5-3-15;/h2-6,11,14,22H,7-10,12-13H2,1H3;1H/b11-6+;. The molecule has 1 aromatic heterocycles. The van der Waals surface area contributed by atoms with Crippen LogP contribution in [-0.4, -0.2) is 60.7 Å². The van der Waals surface area contributed by atoms with Gasteiger partial charge in [-0.1, -0.05) is 23.7 Å². The summed E-state index contributed by atoms with van der Waals surface area (Å²) in [4.78, 5) is 20.2. The van der Waals surface area contributed by atoms with Crippen molar-refractivity contribution in [3.63, 3.8) is 0 Å². The van der Waals surface area contributed by atoms with Gasteiger partial charge in [0.15, 0.2) is 5.01 Å². The number of hydrogen-bond acceptors (Lipinski definition) is 6. The van der Waals surface area contributed by atoms with E-state index in [9.17, 15) is 13.2 Å². The number of rotatable bonds is 4. The number of halogens is 2. The highest BCUT2D eigenvalue weighted by molar-refractivity contribution is 7.92. The molecule has 0 radical (unpaired) electrons. The maximum absolute atomic E-state index is 12.9. The Labute approximate surface area is 197 Å². The number of thiazole rings is 1. The number of nitrogens with zero attached hydrogens (tertiary/aromatic N) is 3. The molecule has 2 aromatic rings. The Morgan fingerprint density at radius 3 is 2.58 bits per heavy atom. The van der Waals surface area contributed by atoms with Crippen molar-refractivity contribution < 1.29 is 13.2 Å². The highest BCUT2D eigenvalue weighted by Gasteiger charge is 2.30. The molecule has 1 amide bonds. The molecule has 11 heteroatoms. The highest BCUT2D eigenvalue weighted by Crippen LogP contribution is 2.25. The lowest BCUT2D eigenvalue weighted by atomic mass is 10.1. The van der Waals surface area contributed by atoms with Crippen LogP contribution in [0.1, 0.15) is 32.9 Å². The lowest BCUT2D eigenvalue weighted by molar-refractivity contribution is 0.0698. The van der Waals surface area contributed by atoms with Crippen LogP contribution >= 0.6 is 35.3 Å². The van der Waals surface area contributed by atoms with Crippen molar-refractivity contribution in [3.8, 4) is 0 Å². The minimum Gasteiger partial charge on any atom is -0.334 e. The minimum absolute atomic E-state index is 0. The molecule has 7 nitrogen and oxygen atoms in total. The lowest BCUT2D eigenvalue weighted by Crippen LogP contribution is -2.50. The van der Waals surface area contributed by atoms with E-state index in [0.29, 0.717) is 29.2 Å². The summed E-state index contributed by atoms with van der Waals surface area (Å²) in [5.41, 5.74) is 1.76. The molecule has 1 atom stereocenters. The van der Waals surface area contributed by atoms with E-state index in [0.717, 1.165) is 29.1 Å². The first-order valence-electron chi connectivity index (χ1n) is 9.77. The van der Waals surface area contributed by atoms with Gasteiger partial charge in [0.1, 0.15) is 0 Å². The zero-order valence-corrected chi connectivity index (χ0v) is 20.2. The van der Waals surface area contributed by atoms with Gasteiger partial charge in [-0.05, 0) is 30.7 Å². The zero-order valence-electron chi connectivity index (χ0n) is 17.0. The van der Waals surface area contributed by atoms with Crippen LogP contribution in [0.2, 0.25) is 5.02 Å². The smallest absolute Gasteiger partial charge is 0.282 e. The van der Waals surface area contributed by atoms with Gasteiger partial charge >= 0.3 is 0 Å². The van der Waals surface area contributed by atoms with Gasteiger partial charge in [0.25, 0.3) is 5.91 Å². The molecule has 1 aromatic carbocycles. The summed E-state index contributed by atoms with van der Waals surface area (Å²) in [6.45, 7) is 4.08. The predicted octanol–water partition coefficient (Wildman–Crippen LogP) is 3.01. The average molecular weight is 503 g/mol. The van der Waals surface area contributed by atoms with Crippen LogP contribution in [0, 0.1) is 0 Å². The van der Waals surface area contributed by atoms with Crippen LogP contribution < -0.4 is 5.32 Å². The molecular formula is C20H24Cl2N4O3S2. The monoisotopic (exact) mass is 502 g/mol. The molecule has 4 rings (SSSR count). The number of amides is 1. The SMILES string of the molecule is CC1Cc2nc(C(=O)N3CCN(S(=O)(=O)/C=C/c4ccc(Cl)cc4)CC3)sc2CN1.Cl. The van der Waals surface area contributed by atoms with E-state index in [1.807, 2.05) is 0 Å².